The molecule has 2 amide bonds. The van der Waals surface area contributed by atoms with Gasteiger partial charge in [-0.1, -0.05) is 36.4 Å². The number of aromatic nitrogens is 1. The molecule has 1 saturated heterocycles. The third-order valence-electron chi connectivity index (χ3n) is 5.94. The molecule has 158 valence electrons. The molecule has 1 N–H and O–H groups in total. The van der Waals surface area contributed by atoms with E-state index in [0.717, 1.165) is 16.7 Å². The molecule has 2 aromatic carbocycles. The van der Waals surface area contributed by atoms with E-state index >= 15 is 0 Å². The minimum absolute atomic E-state index is 0.0944. The van der Waals surface area contributed by atoms with Gasteiger partial charge >= 0.3 is 0 Å². The largest absolute Gasteiger partial charge is 0.359 e. The van der Waals surface area contributed by atoms with Crippen LogP contribution in [0.5, 0.6) is 0 Å². The smallest absolute Gasteiger partial charge is 0.253 e. The van der Waals surface area contributed by atoms with E-state index < -0.39 is 11.2 Å². The van der Waals surface area contributed by atoms with Crippen LogP contribution in [0.2, 0.25) is 0 Å². The molecule has 2 heterocycles. The lowest BCUT2D eigenvalue weighted by Crippen LogP contribution is -2.44. The summed E-state index contributed by atoms with van der Waals surface area (Å²) in [7, 11) is 1.62. The van der Waals surface area contributed by atoms with E-state index in [1.54, 1.807) is 30.4 Å². The lowest BCUT2D eigenvalue weighted by Gasteiger charge is -2.28. The molecule has 0 aliphatic carbocycles. The third-order valence-corrected chi connectivity index (χ3v) is 5.94. The maximum absolute atomic E-state index is 13.6. The summed E-state index contributed by atoms with van der Waals surface area (Å²) < 4.78 is 13.6. The molecule has 0 radical (unpaired) electrons. The Balaban J connectivity index is 1.64. The average molecular weight is 417 g/mol. The van der Waals surface area contributed by atoms with Crippen molar-refractivity contribution < 1.29 is 14.0 Å². The first kappa shape index (κ1) is 20.7. The molecular formula is C25H24FN3O2. The van der Waals surface area contributed by atoms with Gasteiger partial charge in [0.25, 0.3) is 5.91 Å². The number of hydrogen-bond acceptors (Lipinski definition) is 3. The van der Waals surface area contributed by atoms with Gasteiger partial charge in [-0.05, 0) is 48.2 Å². The maximum atomic E-state index is 13.6. The fourth-order valence-electron chi connectivity index (χ4n) is 4.37. The summed E-state index contributed by atoms with van der Waals surface area (Å²) in [6, 6.07) is 17.5. The molecule has 5 nitrogen and oxygen atoms in total. The number of likely N-dealkylation sites (tertiary alicyclic amines) is 1. The van der Waals surface area contributed by atoms with Gasteiger partial charge in [-0.25, -0.2) is 4.39 Å². The predicted octanol–water partition coefficient (Wildman–Crippen LogP) is 3.71. The Hall–Kier alpha value is -3.54. The van der Waals surface area contributed by atoms with Crippen LogP contribution < -0.4 is 5.32 Å². The van der Waals surface area contributed by atoms with Crippen molar-refractivity contribution in [2.45, 2.75) is 12.8 Å². The summed E-state index contributed by atoms with van der Waals surface area (Å²) in [5.41, 5.74) is 2.57. The predicted molar refractivity (Wildman–Crippen MR) is 117 cm³/mol. The molecule has 31 heavy (non-hydrogen) atoms. The molecule has 1 aliphatic rings. The van der Waals surface area contributed by atoms with Crippen LogP contribution in [0.3, 0.4) is 0 Å². The molecule has 0 bridgehead atoms. The zero-order valence-electron chi connectivity index (χ0n) is 17.3. The number of hydrogen-bond donors (Lipinski definition) is 1. The Labute approximate surface area is 180 Å². The van der Waals surface area contributed by atoms with Gasteiger partial charge in [0.1, 0.15) is 5.82 Å². The number of pyridine rings is 1. The normalized spacial score (nSPS) is 18.1. The Kier molecular flexibility index (Phi) is 5.80. The van der Waals surface area contributed by atoms with Crippen LogP contribution in [0.15, 0.2) is 73.1 Å². The number of nitrogens with zero attached hydrogens (tertiary/aromatic N) is 2. The number of carbonyl (C=O) groups is 2. The highest BCUT2D eigenvalue weighted by Crippen LogP contribution is 2.38. The summed E-state index contributed by atoms with van der Waals surface area (Å²) >= 11 is 0. The van der Waals surface area contributed by atoms with Gasteiger partial charge in [-0.2, -0.15) is 0 Å². The van der Waals surface area contributed by atoms with Crippen molar-refractivity contribution >= 4 is 11.8 Å². The highest BCUT2D eigenvalue weighted by Gasteiger charge is 2.46. The molecule has 1 aromatic heterocycles. The highest BCUT2D eigenvalue weighted by atomic mass is 19.1. The molecule has 0 spiro atoms. The second-order valence-corrected chi connectivity index (χ2v) is 7.92. The molecule has 4 rings (SSSR count). The van der Waals surface area contributed by atoms with E-state index in [9.17, 15) is 14.0 Å². The van der Waals surface area contributed by atoms with Crippen LogP contribution in [0, 0.1) is 11.2 Å². The Morgan fingerprint density at radius 1 is 1.13 bits per heavy atom. The second kappa shape index (κ2) is 8.68. The Morgan fingerprint density at radius 2 is 1.97 bits per heavy atom. The van der Waals surface area contributed by atoms with E-state index in [1.165, 1.54) is 18.2 Å². The Bertz CT molecular complexity index is 1100. The van der Waals surface area contributed by atoms with Gasteiger partial charge in [0, 0.05) is 43.7 Å². The second-order valence-electron chi connectivity index (χ2n) is 7.92. The number of amides is 2. The lowest BCUT2D eigenvalue weighted by molar-refractivity contribution is -0.129. The maximum Gasteiger partial charge on any atom is 0.253 e. The summed E-state index contributed by atoms with van der Waals surface area (Å²) in [5, 5.41) is 2.79. The van der Waals surface area contributed by atoms with Gasteiger partial charge < -0.3 is 10.2 Å². The molecule has 0 unspecified atom stereocenters. The van der Waals surface area contributed by atoms with Crippen LogP contribution in [0.25, 0.3) is 11.1 Å². The zero-order chi connectivity index (χ0) is 21.8. The molecule has 1 aliphatic heterocycles. The topological polar surface area (TPSA) is 62.3 Å². The van der Waals surface area contributed by atoms with Crippen molar-refractivity contribution in [1.82, 2.24) is 15.2 Å². The third kappa shape index (κ3) is 4.19. The molecule has 0 saturated carbocycles. The quantitative estimate of drug-likeness (QED) is 0.689. The van der Waals surface area contributed by atoms with E-state index in [1.807, 2.05) is 36.4 Å². The first-order valence-corrected chi connectivity index (χ1v) is 10.3. The summed E-state index contributed by atoms with van der Waals surface area (Å²) in [6.07, 6.45) is 4.56. The van der Waals surface area contributed by atoms with Crippen LogP contribution in [-0.4, -0.2) is 41.8 Å². The van der Waals surface area contributed by atoms with Gasteiger partial charge in [0.15, 0.2) is 0 Å². The molecule has 1 atom stereocenters. The summed E-state index contributed by atoms with van der Waals surface area (Å²) in [6.45, 7) is 0.723. The fraction of sp³-hybridized carbons (Fsp3) is 0.240. The first-order valence-electron chi connectivity index (χ1n) is 10.3. The SMILES string of the molecule is CNC(=O)[C@@]1(Cc2ccccc2-c2cccnc2)CCN(C(=O)c2cccc(F)c2)C1. The summed E-state index contributed by atoms with van der Waals surface area (Å²) in [4.78, 5) is 31.8. The average Bonchev–Trinajstić information content (AvgIpc) is 3.24. The standard InChI is InChI=1S/C25H24FN3O2/c1-27-24(31)25(11-13-29(17-25)23(30)18-7-4-9-21(26)14-18)15-19-6-2-3-10-22(19)20-8-5-12-28-16-20/h2-10,12,14,16H,11,13,15,17H2,1H3,(H,27,31)/t25-/m1/s1. The molecule has 3 aromatic rings. The van der Waals surface area contributed by atoms with Crippen LogP contribution >= 0.6 is 0 Å². The zero-order valence-corrected chi connectivity index (χ0v) is 17.3. The first-order chi connectivity index (χ1) is 15.0. The highest BCUT2D eigenvalue weighted by molar-refractivity contribution is 5.95. The molecular weight excluding hydrogens is 393 g/mol. The van der Waals surface area contributed by atoms with Gasteiger partial charge in [0.05, 0.1) is 5.41 Å². The van der Waals surface area contributed by atoms with Crippen molar-refractivity contribution in [3.63, 3.8) is 0 Å². The lowest BCUT2D eigenvalue weighted by atomic mass is 9.78. The van der Waals surface area contributed by atoms with E-state index in [0.29, 0.717) is 24.9 Å². The number of carbonyl (C=O) groups excluding carboxylic acids is 2. The van der Waals surface area contributed by atoms with Crippen LogP contribution in [-0.2, 0) is 11.2 Å². The van der Waals surface area contributed by atoms with Crippen molar-refractivity contribution in [2.75, 3.05) is 20.1 Å². The monoisotopic (exact) mass is 417 g/mol. The van der Waals surface area contributed by atoms with Gasteiger partial charge in [0.2, 0.25) is 5.91 Å². The molecule has 1 fully saturated rings. The van der Waals surface area contributed by atoms with Crippen molar-refractivity contribution in [3.8, 4) is 11.1 Å². The summed E-state index contributed by atoms with van der Waals surface area (Å²) in [5.74, 6) is -0.804. The van der Waals surface area contributed by atoms with E-state index in [2.05, 4.69) is 10.3 Å². The minimum atomic E-state index is -0.754. The number of halogens is 1. The van der Waals surface area contributed by atoms with E-state index in [-0.39, 0.29) is 18.4 Å². The van der Waals surface area contributed by atoms with Crippen LogP contribution in [0.4, 0.5) is 4.39 Å². The minimum Gasteiger partial charge on any atom is -0.359 e. The molecule has 6 heteroatoms. The van der Waals surface area contributed by atoms with Crippen LogP contribution in [0.1, 0.15) is 22.3 Å². The van der Waals surface area contributed by atoms with E-state index in [4.69, 9.17) is 0 Å². The van der Waals surface area contributed by atoms with Gasteiger partial charge in [-0.3, -0.25) is 14.6 Å². The number of nitrogens with one attached hydrogen (secondary N) is 1. The van der Waals surface area contributed by atoms with Crippen molar-refractivity contribution in [2.24, 2.45) is 5.41 Å². The number of benzene rings is 2. The Morgan fingerprint density at radius 3 is 2.71 bits per heavy atom. The fourth-order valence-corrected chi connectivity index (χ4v) is 4.37. The van der Waals surface area contributed by atoms with Gasteiger partial charge in [-0.15, -0.1) is 0 Å². The van der Waals surface area contributed by atoms with Crippen molar-refractivity contribution in [3.05, 3.63) is 90.0 Å². The van der Waals surface area contributed by atoms with Crippen molar-refractivity contribution in [1.29, 1.82) is 0 Å². The number of rotatable bonds is 5.